The fourth-order valence-corrected chi connectivity index (χ4v) is 2.35. The standard InChI is InChI=1S/C17H13N3O2/c1-2-22-17(21)12-7-8-19-16(9-12)20-11-13(10-18)14-5-3-4-6-15(14)20/h3-9,11H,2H2,1H3. The van der Waals surface area contributed by atoms with Gasteiger partial charge in [0.05, 0.1) is 23.3 Å². The van der Waals surface area contributed by atoms with Crippen LogP contribution in [0.25, 0.3) is 16.7 Å². The molecule has 0 saturated carbocycles. The van der Waals surface area contributed by atoms with Gasteiger partial charge in [-0.15, -0.1) is 0 Å². The van der Waals surface area contributed by atoms with Gasteiger partial charge < -0.3 is 4.74 Å². The molecule has 0 aliphatic heterocycles. The SMILES string of the molecule is CCOC(=O)c1ccnc(-n2cc(C#N)c3ccccc32)c1. The van der Waals surface area contributed by atoms with Gasteiger partial charge in [0.2, 0.25) is 0 Å². The van der Waals surface area contributed by atoms with Crippen molar-refractivity contribution < 1.29 is 9.53 Å². The molecule has 0 N–H and O–H groups in total. The van der Waals surface area contributed by atoms with Gasteiger partial charge in [0.1, 0.15) is 11.9 Å². The van der Waals surface area contributed by atoms with Crippen molar-refractivity contribution >= 4 is 16.9 Å². The first-order chi connectivity index (χ1) is 10.7. The number of esters is 1. The van der Waals surface area contributed by atoms with Gasteiger partial charge in [-0.2, -0.15) is 5.26 Å². The number of carbonyl (C=O) groups is 1. The first-order valence-electron chi connectivity index (χ1n) is 6.88. The minimum absolute atomic E-state index is 0.321. The largest absolute Gasteiger partial charge is 0.462 e. The number of para-hydroxylation sites is 1. The first kappa shape index (κ1) is 13.8. The zero-order valence-electron chi connectivity index (χ0n) is 12.0. The molecule has 0 atom stereocenters. The Morgan fingerprint density at radius 3 is 2.95 bits per heavy atom. The number of nitrogens with zero attached hydrogens (tertiary/aromatic N) is 3. The molecule has 0 unspecified atom stereocenters. The molecule has 2 aromatic heterocycles. The Morgan fingerprint density at radius 2 is 2.18 bits per heavy atom. The van der Waals surface area contributed by atoms with E-state index in [0.717, 1.165) is 10.9 Å². The molecule has 3 rings (SSSR count). The third-order valence-corrected chi connectivity index (χ3v) is 3.34. The van der Waals surface area contributed by atoms with E-state index in [1.165, 1.54) is 0 Å². The lowest BCUT2D eigenvalue weighted by Crippen LogP contribution is -2.06. The Bertz CT molecular complexity index is 890. The highest BCUT2D eigenvalue weighted by atomic mass is 16.5. The van der Waals surface area contributed by atoms with Crippen LogP contribution in [0.15, 0.2) is 48.8 Å². The Balaban J connectivity index is 2.14. The monoisotopic (exact) mass is 291 g/mol. The molecule has 5 nitrogen and oxygen atoms in total. The van der Waals surface area contributed by atoms with Gasteiger partial charge in [-0.3, -0.25) is 4.57 Å². The maximum absolute atomic E-state index is 11.8. The normalized spacial score (nSPS) is 10.4. The first-order valence-corrected chi connectivity index (χ1v) is 6.88. The van der Waals surface area contributed by atoms with Crippen molar-refractivity contribution in [3.8, 4) is 11.9 Å². The van der Waals surface area contributed by atoms with E-state index in [1.807, 2.05) is 24.3 Å². The predicted molar refractivity (Wildman–Crippen MR) is 81.7 cm³/mol. The molecule has 5 heteroatoms. The van der Waals surface area contributed by atoms with Crippen LogP contribution in [0.5, 0.6) is 0 Å². The van der Waals surface area contributed by atoms with Crippen molar-refractivity contribution in [2.24, 2.45) is 0 Å². The summed E-state index contributed by atoms with van der Waals surface area (Å²) >= 11 is 0. The van der Waals surface area contributed by atoms with E-state index in [4.69, 9.17) is 4.74 Å². The third kappa shape index (κ3) is 2.31. The molecule has 0 bridgehead atoms. The zero-order valence-corrected chi connectivity index (χ0v) is 12.0. The van der Waals surface area contributed by atoms with Gasteiger partial charge in [0, 0.05) is 17.8 Å². The molecule has 108 valence electrons. The van der Waals surface area contributed by atoms with Crippen LogP contribution in [0.2, 0.25) is 0 Å². The highest BCUT2D eigenvalue weighted by Crippen LogP contribution is 2.23. The lowest BCUT2D eigenvalue weighted by molar-refractivity contribution is 0.0526. The predicted octanol–water partition coefficient (Wildman–Crippen LogP) is 3.07. The average molecular weight is 291 g/mol. The smallest absolute Gasteiger partial charge is 0.338 e. The number of ether oxygens (including phenoxy) is 1. The molecule has 0 aliphatic rings. The minimum Gasteiger partial charge on any atom is -0.462 e. The summed E-state index contributed by atoms with van der Waals surface area (Å²) in [5.74, 6) is 0.186. The summed E-state index contributed by atoms with van der Waals surface area (Å²) in [6.07, 6.45) is 3.28. The van der Waals surface area contributed by atoms with Crippen LogP contribution in [0.4, 0.5) is 0 Å². The van der Waals surface area contributed by atoms with Crippen molar-refractivity contribution in [1.82, 2.24) is 9.55 Å². The number of benzene rings is 1. The molecule has 0 spiro atoms. The number of rotatable bonds is 3. The summed E-state index contributed by atoms with van der Waals surface area (Å²) in [6.45, 7) is 2.08. The van der Waals surface area contributed by atoms with Gasteiger partial charge in [-0.1, -0.05) is 18.2 Å². The molecule has 22 heavy (non-hydrogen) atoms. The molecule has 0 fully saturated rings. The van der Waals surface area contributed by atoms with Gasteiger partial charge >= 0.3 is 5.97 Å². The molecule has 0 saturated heterocycles. The minimum atomic E-state index is -0.386. The van der Waals surface area contributed by atoms with Gasteiger partial charge in [0.15, 0.2) is 0 Å². The highest BCUT2D eigenvalue weighted by Gasteiger charge is 2.12. The van der Waals surface area contributed by atoms with E-state index in [9.17, 15) is 10.1 Å². The zero-order chi connectivity index (χ0) is 15.5. The second kappa shape index (κ2) is 5.70. The number of fused-ring (bicyclic) bond motifs is 1. The number of pyridine rings is 1. The Labute approximate surface area is 127 Å². The molecule has 0 aliphatic carbocycles. The van der Waals surface area contributed by atoms with Gasteiger partial charge in [-0.25, -0.2) is 9.78 Å². The highest BCUT2D eigenvalue weighted by molar-refractivity contribution is 5.91. The lowest BCUT2D eigenvalue weighted by Gasteiger charge is -2.06. The molecule has 0 amide bonds. The maximum atomic E-state index is 11.8. The van der Waals surface area contributed by atoms with Crippen molar-refractivity contribution in [2.75, 3.05) is 6.61 Å². The molecule has 2 heterocycles. The summed E-state index contributed by atoms with van der Waals surface area (Å²) in [5.41, 5.74) is 1.87. The molecular formula is C17H13N3O2. The number of nitriles is 1. The second-order valence-electron chi connectivity index (χ2n) is 4.66. The van der Waals surface area contributed by atoms with E-state index in [0.29, 0.717) is 23.6 Å². The second-order valence-corrected chi connectivity index (χ2v) is 4.66. The summed E-state index contributed by atoms with van der Waals surface area (Å²) in [7, 11) is 0. The quantitative estimate of drug-likeness (QED) is 0.695. The third-order valence-electron chi connectivity index (χ3n) is 3.34. The van der Waals surface area contributed by atoms with Crippen molar-refractivity contribution in [3.05, 3.63) is 59.9 Å². The van der Waals surface area contributed by atoms with Crippen molar-refractivity contribution in [2.45, 2.75) is 6.92 Å². The molecule has 1 aromatic carbocycles. The summed E-state index contributed by atoms with van der Waals surface area (Å²) in [4.78, 5) is 16.1. The van der Waals surface area contributed by atoms with Crippen LogP contribution >= 0.6 is 0 Å². The Hall–Kier alpha value is -3.13. The summed E-state index contributed by atoms with van der Waals surface area (Å²) < 4.78 is 6.81. The molecular weight excluding hydrogens is 278 g/mol. The summed E-state index contributed by atoms with van der Waals surface area (Å²) in [5, 5.41) is 10.1. The van der Waals surface area contributed by atoms with Gasteiger partial charge in [0.25, 0.3) is 0 Å². The lowest BCUT2D eigenvalue weighted by atomic mass is 10.2. The number of hydrogen-bond acceptors (Lipinski definition) is 4. The molecule has 3 aromatic rings. The molecule has 0 radical (unpaired) electrons. The van der Waals surface area contributed by atoms with E-state index in [2.05, 4.69) is 11.1 Å². The average Bonchev–Trinajstić information content (AvgIpc) is 2.94. The van der Waals surface area contributed by atoms with Crippen molar-refractivity contribution in [1.29, 1.82) is 5.26 Å². The van der Waals surface area contributed by atoms with Crippen LogP contribution in [0, 0.1) is 11.3 Å². The number of aromatic nitrogens is 2. The number of carbonyl (C=O) groups excluding carboxylic acids is 1. The van der Waals surface area contributed by atoms with E-state index in [-0.39, 0.29) is 5.97 Å². The topological polar surface area (TPSA) is 67.9 Å². The summed E-state index contributed by atoms with van der Waals surface area (Å²) in [6, 6.07) is 13.0. The van der Waals surface area contributed by atoms with Crippen LogP contribution in [0.3, 0.4) is 0 Å². The fraction of sp³-hybridized carbons (Fsp3) is 0.118. The number of hydrogen-bond donors (Lipinski definition) is 0. The van der Waals surface area contributed by atoms with Crippen LogP contribution in [0.1, 0.15) is 22.8 Å². The van der Waals surface area contributed by atoms with E-state index < -0.39 is 0 Å². The Kier molecular flexibility index (Phi) is 3.58. The van der Waals surface area contributed by atoms with Gasteiger partial charge in [-0.05, 0) is 25.1 Å². The fourth-order valence-electron chi connectivity index (χ4n) is 2.35. The van der Waals surface area contributed by atoms with Crippen LogP contribution in [-0.2, 0) is 4.74 Å². The maximum Gasteiger partial charge on any atom is 0.338 e. The van der Waals surface area contributed by atoms with Crippen molar-refractivity contribution in [3.63, 3.8) is 0 Å². The van der Waals surface area contributed by atoms with E-state index >= 15 is 0 Å². The van der Waals surface area contributed by atoms with E-state index in [1.54, 1.807) is 36.0 Å². The Morgan fingerprint density at radius 1 is 1.36 bits per heavy atom. The van der Waals surface area contributed by atoms with Crippen LogP contribution < -0.4 is 0 Å². The van der Waals surface area contributed by atoms with Crippen LogP contribution in [-0.4, -0.2) is 22.1 Å².